The molecule has 0 bridgehead atoms. The van der Waals surface area contributed by atoms with E-state index in [1.54, 1.807) is 0 Å². The van der Waals surface area contributed by atoms with Gasteiger partial charge in [-0.2, -0.15) is 14.9 Å². The van der Waals surface area contributed by atoms with Crippen LogP contribution in [0.3, 0.4) is 0 Å². The average molecular weight is 314 g/mol. The van der Waals surface area contributed by atoms with Gasteiger partial charge in [0.05, 0.1) is 0 Å². The maximum atomic E-state index is 5.34. The van der Waals surface area contributed by atoms with E-state index in [-0.39, 0.29) is 5.92 Å². The van der Waals surface area contributed by atoms with Gasteiger partial charge in [-0.15, -0.1) is 0 Å². The monoisotopic (exact) mass is 314 g/mol. The highest BCUT2D eigenvalue weighted by atomic mass is 32.1. The molecule has 3 rings (SSSR count). The number of H-pyrrole nitrogens is 1. The van der Waals surface area contributed by atoms with Gasteiger partial charge in [0.2, 0.25) is 4.77 Å². The third kappa shape index (κ3) is 3.35. The molecule has 1 heterocycles. The van der Waals surface area contributed by atoms with Crippen LogP contribution in [0.2, 0.25) is 0 Å². The van der Waals surface area contributed by atoms with E-state index in [2.05, 4.69) is 46.5 Å². The molecule has 1 N–H and O–H groups in total. The van der Waals surface area contributed by atoms with Crippen molar-refractivity contribution in [2.75, 3.05) is 0 Å². The second kappa shape index (κ2) is 7.01. The Morgan fingerprint density at radius 1 is 1.27 bits per heavy atom. The quantitative estimate of drug-likeness (QED) is 0.661. The van der Waals surface area contributed by atoms with Gasteiger partial charge in [0, 0.05) is 18.1 Å². The lowest BCUT2D eigenvalue weighted by Crippen LogP contribution is -2.10. The van der Waals surface area contributed by atoms with Crippen LogP contribution in [0, 0.1) is 4.77 Å². The highest BCUT2D eigenvalue weighted by molar-refractivity contribution is 7.71. The van der Waals surface area contributed by atoms with Gasteiger partial charge in [-0.1, -0.05) is 56.5 Å². The summed E-state index contributed by atoms with van der Waals surface area (Å²) < 4.78 is 2.39. The zero-order valence-electron chi connectivity index (χ0n) is 12.9. The number of benzene rings is 1. The standard InChI is InChI=1S/C17H22N4S/c1-13(14-8-4-2-5-9-14)12-18-21-16(19-20-17(21)22)15-10-6-3-7-11-15/h2,4-5,8-9,12-13,15H,3,6-7,10-11H2,1H3,(H,20,22)/b18-12-/t13-/m0/s1. The van der Waals surface area contributed by atoms with Crippen LogP contribution in [0.25, 0.3) is 0 Å². The first kappa shape index (κ1) is 15.2. The minimum absolute atomic E-state index is 0.247. The molecular weight excluding hydrogens is 292 g/mol. The summed E-state index contributed by atoms with van der Waals surface area (Å²) in [5.74, 6) is 1.71. The fourth-order valence-electron chi connectivity index (χ4n) is 3.05. The lowest BCUT2D eigenvalue weighted by molar-refractivity contribution is 0.419. The van der Waals surface area contributed by atoms with Gasteiger partial charge < -0.3 is 0 Å². The molecule has 2 aromatic rings. The number of rotatable bonds is 4. The van der Waals surface area contributed by atoms with Crippen molar-refractivity contribution < 1.29 is 0 Å². The van der Waals surface area contributed by atoms with Crippen LogP contribution in [0.5, 0.6) is 0 Å². The number of aromatic amines is 1. The Morgan fingerprint density at radius 2 is 2.00 bits per heavy atom. The lowest BCUT2D eigenvalue weighted by atomic mass is 9.89. The summed E-state index contributed by atoms with van der Waals surface area (Å²) in [7, 11) is 0. The van der Waals surface area contributed by atoms with E-state index < -0.39 is 0 Å². The van der Waals surface area contributed by atoms with E-state index in [9.17, 15) is 0 Å². The second-order valence-electron chi connectivity index (χ2n) is 6.00. The van der Waals surface area contributed by atoms with Crippen molar-refractivity contribution in [2.45, 2.75) is 50.9 Å². The van der Waals surface area contributed by atoms with Crippen LogP contribution in [0.15, 0.2) is 35.4 Å². The van der Waals surface area contributed by atoms with Gasteiger partial charge >= 0.3 is 0 Å². The fraction of sp³-hybridized carbons (Fsp3) is 0.471. The van der Waals surface area contributed by atoms with Crippen molar-refractivity contribution >= 4 is 18.4 Å². The van der Waals surface area contributed by atoms with Crippen LogP contribution >= 0.6 is 12.2 Å². The highest BCUT2D eigenvalue weighted by Crippen LogP contribution is 2.31. The molecule has 1 atom stereocenters. The maximum Gasteiger partial charge on any atom is 0.216 e. The van der Waals surface area contributed by atoms with Gasteiger partial charge in [-0.25, -0.2) is 0 Å². The summed E-state index contributed by atoms with van der Waals surface area (Å²) in [6.45, 7) is 2.14. The fourth-order valence-corrected chi connectivity index (χ4v) is 3.24. The number of hydrogen-bond acceptors (Lipinski definition) is 3. The van der Waals surface area contributed by atoms with Gasteiger partial charge in [-0.3, -0.25) is 5.10 Å². The summed E-state index contributed by atoms with van der Waals surface area (Å²) >= 11 is 5.34. The molecule has 1 fully saturated rings. The molecule has 1 aromatic heterocycles. The first-order chi connectivity index (χ1) is 10.8. The summed E-state index contributed by atoms with van der Waals surface area (Å²) in [5, 5.41) is 11.9. The summed E-state index contributed by atoms with van der Waals surface area (Å²) in [6.07, 6.45) is 8.19. The molecule has 116 valence electrons. The molecule has 0 amide bonds. The molecular formula is C17H22N4S. The number of hydrogen-bond donors (Lipinski definition) is 1. The van der Waals surface area contributed by atoms with Gasteiger partial charge in [-0.05, 0) is 30.6 Å². The van der Waals surface area contributed by atoms with Crippen molar-refractivity contribution in [3.63, 3.8) is 0 Å². The molecule has 1 aliphatic rings. The number of aromatic nitrogens is 3. The van der Waals surface area contributed by atoms with Crippen molar-refractivity contribution in [3.05, 3.63) is 46.5 Å². The molecule has 1 aromatic carbocycles. The molecule has 0 spiro atoms. The third-order valence-electron chi connectivity index (χ3n) is 4.38. The summed E-state index contributed by atoms with van der Waals surface area (Å²) in [5.41, 5.74) is 1.25. The Bertz CT molecular complexity index is 680. The topological polar surface area (TPSA) is 46.0 Å². The van der Waals surface area contributed by atoms with Crippen LogP contribution in [0.4, 0.5) is 0 Å². The maximum absolute atomic E-state index is 5.34. The predicted octanol–water partition coefficient (Wildman–Crippen LogP) is 4.63. The van der Waals surface area contributed by atoms with Crippen LogP contribution < -0.4 is 0 Å². The summed E-state index contributed by atoms with van der Waals surface area (Å²) in [6, 6.07) is 10.4. The summed E-state index contributed by atoms with van der Waals surface area (Å²) in [4.78, 5) is 0. The van der Waals surface area contributed by atoms with Crippen molar-refractivity contribution in [2.24, 2.45) is 5.10 Å². The second-order valence-corrected chi connectivity index (χ2v) is 6.38. The highest BCUT2D eigenvalue weighted by Gasteiger charge is 2.21. The molecule has 0 saturated heterocycles. The Hall–Kier alpha value is -1.75. The average Bonchev–Trinajstić information content (AvgIpc) is 2.95. The molecule has 0 aliphatic heterocycles. The first-order valence-corrected chi connectivity index (χ1v) is 8.43. The van der Waals surface area contributed by atoms with Crippen LogP contribution in [0.1, 0.15) is 62.3 Å². The Morgan fingerprint density at radius 3 is 2.73 bits per heavy atom. The first-order valence-electron chi connectivity index (χ1n) is 8.02. The van der Waals surface area contributed by atoms with Gasteiger partial charge in [0.15, 0.2) is 5.82 Å². The molecule has 4 nitrogen and oxygen atoms in total. The van der Waals surface area contributed by atoms with E-state index >= 15 is 0 Å². The third-order valence-corrected chi connectivity index (χ3v) is 4.64. The molecule has 1 aliphatic carbocycles. The van der Waals surface area contributed by atoms with E-state index in [1.165, 1.54) is 37.7 Å². The molecule has 1 saturated carbocycles. The Labute approximate surface area is 136 Å². The lowest BCUT2D eigenvalue weighted by Gasteiger charge is -2.20. The Balaban J connectivity index is 1.81. The Kier molecular flexibility index (Phi) is 4.83. The van der Waals surface area contributed by atoms with Crippen molar-refractivity contribution in [1.82, 2.24) is 14.9 Å². The normalized spacial score (nSPS) is 17.9. The number of nitrogens with zero attached hydrogens (tertiary/aromatic N) is 3. The zero-order valence-corrected chi connectivity index (χ0v) is 13.7. The predicted molar refractivity (Wildman–Crippen MR) is 92.0 cm³/mol. The molecule has 5 heteroatoms. The number of nitrogens with one attached hydrogen (secondary N) is 1. The van der Waals surface area contributed by atoms with Crippen molar-refractivity contribution in [1.29, 1.82) is 0 Å². The largest absolute Gasteiger partial charge is 0.250 e. The van der Waals surface area contributed by atoms with Gasteiger partial charge in [0.1, 0.15) is 0 Å². The molecule has 0 radical (unpaired) electrons. The van der Waals surface area contributed by atoms with E-state index in [0.717, 1.165) is 5.82 Å². The van der Waals surface area contributed by atoms with Crippen LogP contribution in [-0.4, -0.2) is 21.1 Å². The minimum atomic E-state index is 0.247. The molecule has 0 unspecified atom stereocenters. The van der Waals surface area contributed by atoms with Crippen LogP contribution in [-0.2, 0) is 0 Å². The van der Waals surface area contributed by atoms with E-state index in [1.807, 2.05) is 17.0 Å². The minimum Gasteiger partial charge on any atom is -0.250 e. The molecule has 22 heavy (non-hydrogen) atoms. The SMILES string of the molecule is C[C@@H](/C=N\n1c(C2CCCCC2)n[nH]c1=S)c1ccccc1. The van der Waals surface area contributed by atoms with E-state index in [4.69, 9.17) is 12.2 Å². The van der Waals surface area contributed by atoms with E-state index in [0.29, 0.717) is 10.7 Å². The smallest absolute Gasteiger partial charge is 0.216 e. The van der Waals surface area contributed by atoms with Crippen molar-refractivity contribution in [3.8, 4) is 0 Å². The van der Waals surface area contributed by atoms with Gasteiger partial charge in [0.25, 0.3) is 0 Å². The zero-order chi connectivity index (χ0) is 15.4.